The Morgan fingerprint density at radius 3 is 2.58 bits per heavy atom. The predicted molar refractivity (Wildman–Crippen MR) is 115 cm³/mol. The van der Waals surface area contributed by atoms with Crippen LogP contribution in [-0.4, -0.2) is 25.8 Å². The maximum atomic E-state index is 12.5. The fourth-order valence-corrected chi connectivity index (χ4v) is 3.10. The van der Waals surface area contributed by atoms with Crippen LogP contribution >= 0.6 is 0 Å². The zero-order valence-corrected chi connectivity index (χ0v) is 17.4. The molecule has 3 aromatic heterocycles. The number of benzene rings is 1. The van der Waals surface area contributed by atoms with E-state index >= 15 is 0 Å². The molecule has 1 N–H and O–H groups in total. The molecule has 3 heterocycles. The lowest BCUT2D eigenvalue weighted by atomic mass is 10.2. The third kappa shape index (κ3) is 5.16. The van der Waals surface area contributed by atoms with Gasteiger partial charge in [0.05, 0.1) is 11.3 Å². The van der Waals surface area contributed by atoms with Gasteiger partial charge in [-0.25, -0.2) is 0 Å². The van der Waals surface area contributed by atoms with E-state index in [0.29, 0.717) is 23.7 Å². The first-order chi connectivity index (χ1) is 15.1. The molecule has 0 aliphatic heterocycles. The van der Waals surface area contributed by atoms with Gasteiger partial charge < -0.3 is 14.6 Å². The van der Waals surface area contributed by atoms with Crippen LogP contribution in [0.3, 0.4) is 0 Å². The number of carbonyl (C=O) groups is 1. The number of rotatable bonds is 8. The fraction of sp³-hybridized carbons (Fsp3) is 0.217. The standard InChI is InChI=1S/C23H23N5O3/c1-16-21(17(2)31-27-16)15-30-20-5-3-19(4-6-20)23(29)25-22-10-14-28(26-22)13-9-18-7-11-24-12-8-18/h3-8,10-12,14H,9,13,15H2,1-2H3,(H,25,26,29). The first-order valence-corrected chi connectivity index (χ1v) is 9.97. The summed E-state index contributed by atoms with van der Waals surface area (Å²) in [4.78, 5) is 16.5. The monoisotopic (exact) mass is 417 g/mol. The fourth-order valence-electron chi connectivity index (χ4n) is 3.10. The van der Waals surface area contributed by atoms with Crippen molar-refractivity contribution in [1.82, 2.24) is 19.9 Å². The summed E-state index contributed by atoms with van der Waals surface area (Å²) in [5.41, 5.74) is 3.46. The quantitative estimate of drug-likeness (QED) is 0.466. The number of carbonyl (C=O) groups excluding carboxylic acids is 1. The largest absolute Gasteiger partial charge is 0.489 e. The molecule has 0 aliphatic rings. The van der Waals surface area contributed by atoms with Crippen molar-refractivity contribution >= 4 is 11.7 Å². The Morgan fingerprint density at radius 1 is 1.10 bits per heavy atom. The van der Waals surface area contributed by atoms with Gasteiger partial charge in [-0.3, -0.25) is 14.5 Å². The van der Waals surface area contributed by atoms with Gasteiger partial charge in [-0.05, 0) is 62.2 Å². The third-order valence-corrected chi connectivity index (χ3v) is 4.94. The van der Waals surface area contributed by atoms with E-state index in [2.05, 4.69) is 20.6 Å². The van der Waals surface area contributed by atoms with Gasteiger partial charge in [0.2, 0.25) is 0 Å². The summed E-state index contributed by atoms with van der Waals surface area (Å²) < 4.78 is 12.7. The van der Waals surface area contributed by atoms with Gasteiger partial charge in [0.25, 0.3) is 5.91 Å². The van der Waals surface area contributed by atoms with Crippen LogP contribution in [0, 0.1) is 13.8 Å². The van der Waals surface area contributed by atoms with Crippen LogP contribution in [0.25, 0.3) is 0 Å². The summed E-state index contributed by atoms with van der Waals surface area (Å²) in [5.74, 6) is 1.70. The number of hydrogen-bond donors (Lipinski definition) is 1. The molecule has 4 rings (SSSR count). The Labute approximate surface area is 179 Å². The third-order valence-electron chi connectivity index (χ3n) is 4.94. The molecule has 0 unspecified atom stereocenters. The topological polar surface area (TPSA) is 95.1 Å². The van der Waals surface area contributed by atoms with E-state index in [-0.39, 0.29) is 5.91 Å². The van der Waals surface area contributed by atoms with E-state index in [9.17, 15) is 4.79 Å². The van der Waals surface area contributed by atoms with Crippen molar-refractivity contribution in [1.29, 1.82) is 0 Å². The van der Waals surface area contributed by atoms with Crippen molar-refractivity contribution in [2.24, 2.45) is 0 Å². The van der Waals surface area contributed by atoms with Crippen molar-refractivity contribution in [3.8, 4) is 5.75 Å². The average molecular weight is 417 g/mol. The number of pyridine rings is 1. The molecule has 0 aliphatic carbocycles. The van der Waals surface area contributed by atoms with Crippen LogP contribution < -0.4 is 10.1 Å². The average Bonchev–Trinajstić information content (AvgIpc) is 3.37. The first-order valence-electron chi connectivity index (χ1n) is 9.97. The highest BCUT2D eigenvalue weighted by Crippen LogP contribution is 2.18. The van der Waals surface area contributed by atoms with Gasteiger partial charge in [0.15, 0.2) is 5.82 Å². The lowest BCUT2D eigenvalue weighted by molar-refractivity contribution is 0.102. The van der Waals surface area contributed by atoms with Gasteiger partial charge in [0, 0.05) is 36.8 Å². The van der Waals surface area contributed by atoms with Crippen LogP contribution in [0.15, 0.2) is 65.6 Å². The molecule has 1 amide bonds. The Balaban J connectivity index is 1.30. The molecular weight excluding hydrogens is 394 g/mol. The molecule has 8 nitrogen and oxygen atoms in total. The molecule has 0 atom stereocenters. The molecule has 1 aromatic carbocycles. The second-order valence-corrected chi connectivity index (χ2v) is 7.14. The van der Waals surface area contributed by atoms with Crippen molar-refractivity contribution < 1.29 is 14.1 Å². The Morgan fingerprint density at radius 2 is 1.87 bits per heavy atom. The Bertz CT molecular complexity index is 1130. The first kappa shape index (κ1) is 20.3. The van der Waals surface area contributed by atoms with Crippen LogP contribution in [0.4, 0.5) is 5.82 Å². The van der Waals surface area contributed by atoms with Crippen LogP contribution in [0.2, 0.25) is 0 Å². The zero-order valence-electron chi connectivity index (χ0n) is 17.4. The number of hydrogen-bond acceptors (Lipinski definition) is 6. The molecule has 0 spiro atoms. The molecular formula is C23H23N5O3. The van der Waals surface area contributed by atoms with Crippen molar-refractivity contribution in [2.75, 3.05) is 5.32 Å². The minimum atomic E-state index is -0.225. The van der Waals surface area contributed by atoms with Crippen molar-refractivity contribution in [3.05, 3.63) is 89.2 Å². The van der Waals surface area contributed by atoms with Crippen LogP contribution in [-0.2, 0) is 19.6 Å². The molecule has 0 saturated carbocycles. The molecule has 0 fully saturated rings. The summed E-state index contributed by atoms with van der Waals surface area (Å²) in [6.07, 6.45) is 6.24. The minimum absolute atomic E-state index is 0.225. The summed E-state index contributed by atoms with van der Waals surface area (Å²) in [5, 5.41) is 11.2. The Hall–Kier alpha value is -3.94. The second kappa shape index (κ2) is 9.25. The van der Waals surface area contributed by atoms with Crippen molar-refractivity contribution in [3.63, 3.8) is 0 Å². The zero-order chi connectivity index (χ0) is 21.6. The predicted octanol–water partition coefficient (Wildman–Crippen LogP) is 3.96. The highest BCUT2D eigenvalue weighted by Gasteiger charge is 2.11. The van der Waals surface area contributed by atoms with Gasteiger partial charge in [-0.2, -0.15) is 5.10 Å². The van der Waals surface area contributed by atoms with Crippen molar-refractivity contribution in [2.45, 2.75) is 33.4 Å². The van der Waals surface area contributed by atoms with Crippen LogP contribution in [0.5, 0.6) is 5.75 Å². The maximum absolute atomic E-state index is 12.5. The van der Waals surface area contributed by atoms with E-state index < -0.39 is 0 Å². The summed E-state index contributed by atoms with van der Waals surface area (Å²) in [6, 6.07) is 12.7. The SMILES string of the molecule is Cc1noc(C)c1COc1ccc(C(=O)Nc2ccn(CCc3ccncc3)n2)cc1. The number of anilines is 1. The van der Waals surface area contributed by atoms with Gasteiger partial charge >= 0.3 is 0 Å². The van der Waals surface area contributed by atoms with E-state index in [1.165, 1.54) is 5.56 Å². The number of aryl methyl sites for hydroxylation is 4. The number of amides is 1. The molecule has 0 bridgehead atoms. The highest BCUT2D eigenvalue weighted by molar-refractivity contribution is 6.03. The Kier molecular flexibility index (Phi) is 6.07. The maximum Gasteiger partial charge on any atom is 0.256 e. The molecule has 158 valence electrons. The summed E-state index contributed by atoms with van der Waals surface area (Å²) in [7, 11) is 0. The summed E-state index contributed by atoms with van der Waals surface area (Å²) >= 11 is 0. The number of ether oxygens (including phenoxy) is 1. The molecule has 8 heteroatoms. The highest BCUT2D eigenvalue weighted by atomic mass is 16.5. The number of aromatic nitrogens is 4. The van der Waals surface area contributed by atoms with Gasteiger partial charge in [-0.15, -0.1) is 0 Å². The van der Waals surface area contributed by atoms with Crippen LogP contribution in [0.1, 0.15) is 32.9 Å². The lowest BCUT2D eigenvalue weighted by Crippen LogP contribution is -2.13. The molecule has 0 saturated heterocycles. The van der Waals surface area contributed by atoms with E-state index in [4.69, 9.17) is 9.26 Å². The molecule has 4 aromatic rings. The smallest absolute Gasteiger partial charge is 0.256 e. The lowest BCUT2D eigenvalue weighted by Gasteiger charge is -2.07. The molecule has 0 radical (unpaired) electrons. The van der Waals surface area contributed by atoms with Gasteiger partial charge in [0.1, 0.15) is 18.1 Å². The molecule has 31 heavy (non-hydrogen) atoms. The van der Waals surface area contributed by atoms with E-state index in [1.54, 1.807) is 42.7 Å². The van der Waals surface area contributed by atoms with Gasteiger partial charge in [-0.1, -0.05) is 5.16 Å². The normalized spacial score (nSPS) is 10.8. The number of nitrogens with one attached hydrogen (secondary N) is 1. The van der Waals surface area contributed by atoms with E-state index in [1.807, 2.05) is 36.9 Å². The minimum Gasteiger partial charge on any atom is -0.489 e. The number of nitrogens with zero attached hydrogens (tertiary/aromatic N) is 4. The summed E-state index contributed by atoms with van der Waals surface area (Å²) in [6.45, 7) is 4.82. The van der Waals surface area contributed by atoms with E-state index in [0.717, 1.165) is 30.0 Å². The second-order valence-electron chi connectivity index (χ2n) is 7.14.